The molecule has 0 aliphatic heterocycles. The Bertz CT molecular complexity index is 287. The van der Waals surface area contributed by atoms with Crippen molar-refractivity contribution in [3.8, 4) is 0 Å². The van der Waals surface area contributed by atoms with Gasteiger partial charge < -0.3 is 5.11 Å². The van der Waals surface area contributed by atoms with E-state index < -0.39 is 0 Å². The lowest BCUT2D eigenvalue weighted by Crippen LogP contribution is -2.41. The van der Waals surface area contributed by atoms with Crippen LogP contribution in [0.15, 0.2) is 0 Å². The summed E-state index contributed by atoms with van der Waals surface area (Å²) in [6.45, 7) is 7.24. The van der Waals surface area contributed by atoms with Crippen molar-refractivity contribution >= 4 is 0 Å². The monoisotopic (exact) mass is 194 g/mol. The molecule has 3 fully saturated rings. The lowest BCUT2D eigenvalue weighted by Gasteiger charge is -2.45. The van der Waals surface area contributed by atoms with E-state index in [0.29, 0.717) is 10.8 Å². The van der Waals surface area contributed by atoms with Gasteiger partial charge in [0, 0.05) is 5.41 Å². The van der Waals surface area contributed by atoms with Gasteiger partial charge in [-0.05, 0) is 48.9 Å². The highest BCUT2D eigenvalue weighted by Gasteiger charge is 2.78. The Labute approximate surface area is 86.9 Å². The van der Waals surface area contributed by atoms with Gasteiger partial charge in [-0.1, -0.05) is 20.8 Å². The maximum Gasteiger partial charge on any atom is 0.0599 e. The SMILES string of the molecule is C[C@@H]1CC[C@@]23C[C@]2(C)[C@H](O)CC[C@@]13C. The fraction of sp³-hybridized carbons (Fsp3) is 1.00. The highest BCUT2D eigenvalue weighted by molar-refractivity contribution is 5.27. The second kappa shape index (κ2) is 2.21. The molecule has 0 aromatic carbocycles. The Hall–Kier alpha value is -0.0400. The van der Waals surface area contributed by atoms with Crippen LogP contribution >= 0.6 is 0 Å². The van der Waals surface area contributed by atoms with E-state index in [4.69, 9.17) is 0 Å². The summed E-state index contributed by atoms with van der Waals surface area (Å²) in [7, 11) is 0. The molecule has 0 unspecified atom stereocenters. The van der Waals surface area contributed by atoms with Gasteiger partial charge >= 0.3 is 0 Å². The quantitative estimate of drug-likeness (QED) is 0.628. The van der Waals surface area contributed by atoms with E-state index in [1.807, 2.05) is 0 Å². The molecule has 0 bridgehead atoms. The van der Waals surface area contributed by atoms with Crippen LogP contribution in [0.4, 0.5) is 0 Å². The van der Waals surface area contributed by atoms with Crippen LogP contribution in [0, 0.1) is 22.2 Å². The van der Waals surface area contributed by atoms with E-state index in [1.165, 1.54) is 25.7 Å². The summed E-state index contributed by atoms with van der Waals surface area (Å²) in [5.41, 5.74) is 1.35. The Morgan fingerprint density at radius 2 is 1.79 bits per heavy atom. The van der Waals surface area contributed by atoms with Crippen molar-refractivity contribution in [2.45, 2.75) is 59.0 Å². The first-order chi connectivity index (χ1) is 6.46. The fourth-order valence-electron chi connectivity index (χ4n) is 5.03. The second-order valence-corrected chi connectivity index (χ2v) is 6.59. The Kier molecular flexibility index (Phi) is 1.45. The van der Waals surface area contributed by atoms with Gasteiger partial charge in [0.15, 0.2) is 0 Å². The molecule has 3 saturated carbocycles. The van der Waals surface area contributed by atoms with Crippen molar-refractivity contribution in [2.24, 2.45) is 22.2 Å². The Morgan fingerprint density at radius 1 is 1.07 bits per heavy atom. The number of aliphatic hydroxyl groups excluding tert-OH is 1. The van der Waals surface area contributed by atoms with Crippen molar-refractivity contribution in [1.82, 2.24) is 0 Å². The minimum absolute atomic E-state index is 0.0131. The van der Waals surface area contributed by atoms with E-state index >= 15 is 0 Å². The van der Waals surface area contributed by atoms with Gasteiger partial charge in [0.25, 0.3) is 0 Å². The molecule has 80 valence electrons. The molecule has 0 saturated heterocycles. The lowest BCUT2D eigenvalue weighted by molar-refractivity contribution is -0.0305. The van der Waals surface area contributed by atoms with E-state index in [1.54, 1.807) is 0 Å². The van der Waals surface area contributed by atoms with Crippen LogP contribution in [0.1, 0.15) is 52.9 Å². The first-order valence-electron chi connectivity index (χ1n) is 6.14. The van der Waals surface area contributed by atoms with E-state index in [-0.39, 0.29) is 11.5 Å². The zero-order valence-corrected chi connectivity index (χ0v) is 9.64. The van der Waals surface area contributed by atoms with Crippen LogP contribution in [-0.2, 0) is 0 Å². The average molecular weight is 194 g/mol. The highest BCUT2D eigenvalue weighted by atomic mass is 16.3. The van der Waals surface area contributed by atoms with Gasteiger partial charge in [-0.3, -0.25) is 0 Å². The number of hydrogen-bond donors (Lipinski definition) is 1. The molecule has 1 nitrogen and oxygen atoms in total. The first-order valence-corrected chi connectivity index (χ1v) is 6.14. The van der Waals surface area contributed by atoms with Gasteiger partial charge in [-0.15, -0.1) is 0 Å². The topological polar surface area (TPSA) is 20.2 Å². The second-order valence-electron chi connectivity index (χ2n) is 6.59. The van der Waals surface area contributed by atoms with Crippen LogP contribution in [0.25, 0.3) is 0 Å². The van der Waals surface area contributed by atoms with Crippen LogP contribution in [-0.4, -0.2) is 11.2 Å². The summed E-state index contributed by atoms with van der Waals surface area (Å²) in [5.74, 6) is 0.872. The summed E-state index contributed by atoms with van der Waals surface area (Å²) in [6.07, 6.45) is 6.34. The smallest absolute Gasteiger partial charge is 0.0599 e. The molecule has 3 aliphatic rings. The van der Waals surface area contributed by atoms with Crippen molar-refractivity contribution in [3.05, 3.63) is 0 Å². The summed E-state index contributed by atoms with van der Waals surface area (Å²) in [6, 6.07) is 0. The maximum atomic E-state index is 10.1. The molecule has 14 heavy (non-hydrogen) atoms. The molecular formula is C13H22O. The molecule has 1 N–H and O–H groups in total. The predicted octanol–water partition coefficient (Wildman–Crippen LogP) is 2.97. The normalized spacial score (nSPS) is 66.0. The lowest BCUT2D eigenvalue weighted by atomic mass is 9.61. The van der Waals surface area contributed by atoms with Gasteiger partial charge in [0.05, 0.1) is 6.10 Å². The van der Waals surface area contributed by atoms with Gasteiger partial charge in [0.1, 0.15) is 0 Å². The third kappa shape index (κ3) is 0.680. The summed E-state index contributed by atoms with van der Waals surface area (Å²) < 4.78 is 0. The largest absolute Gasteiger partial charge is 0.393 e. The van der Waals surface area contributed by atoms with Gasteiger partial charge in [-0.2, -0.15) is 0 Å². The van der Waals surface area contributed by atoms with Crippen molar-refractivity contribution in [2.75, 3.05) is 0 Å². The standard InChI is InChI=1S/C13H22O/c1-9-4-7-13-8-12(13,3)10(14)5-6-11(9,13)2/h9-10,14H,4-8H2,1-3H3/t9-,10-,11+,12-,13+/m1/s1. The summed E-state index contributed by atoms with van der Waals surface area (Å²) in [5, 5.41) is 10.1. The first kappa shape index (κ1) is 9.21. The summed E-state index contributed by atoms with van der Waals surface area (Å²) in [4.78, 5) is 0. The minimum Gasteiger partial charge on any atom is -0.393 e. The van der Waals surface area contributed by atoms with Crippen LogP contribution in [0.3, 0.4) is 0 Å². The number of aliphatic hydroxyl groups is 1. The molecule has 0 heterocycles. The Balaban J connectivity index is 2.04. The van der Waals surface area contributed by atoms with E-state index in [2.05, 4.69) is 20.8 Å². The zero-order valence-electron chi connectivity index (χ0n) is 9.64. The molecule has 3 rings (SSSR count). The van der Waals surface area contributed by atoms with Crippen LogP contribution in [0.2, 0.25) is 0 Å². The molecule has 5 atom stereocenters. The van der Waals surface area contributed by atoms with E-state index in [0.717, 1.165) is 12.3 Å². The number of rotatable bonds is 0. The maximum absolute atomic E-state index is 10.1. The molecular weight excluding hydrogens is 172 g/mol. The average Bonchev–Trinajstić information content (AvgIpc) is 2.71. The highest BCUT2D eigenvalue weighted by Crippen LogP contribution is 2.83. The zero-order chi connectivity index (χ0) is 10.2. The molecule has 0 amide bonds. The minimum atomic E-state index is -0.0131. The van der Waals surface area contributed by atoms with Gasteiger partial charge in [0.2, 0.25) is 0 Å². The van der Waals surface area contributed by atoms with E-state index in [9.17, 15) is 5.11 Å². The third-order valence-corrected chi connectivity index (χ3v) is 6.49. The molecule has 1 spiro atoms. The number of hydrogen-bond acceptors (Lipinski definition) is 1. The molecule has 3 aliphatic carbocycles. The van der Waals surface area contributed by atoms with Crippen LogP contribution in [0.5, 0.6) is 0 Å². The van der Waals surface area contributed by atoms with Crippen molar-refractivity contribution in [1.29, 1.82) is 0 Å². The fourth-order valence-corrected chi connectivity index (χ4v) is 5.03. The molecule has 0 aromatic heterocycles. The van der Waals surface area contributed by atoms with Crippen molar-refractivity contribution in [3.63, 3.8) is 0 Å². The van der Waals surface area contributed by atoms with Crippen molar-refractivity contribution < 1.29 is 5.11 Å². The Morgan fingerprint density at radius 3 is 2.50 bits per heavy atom. The third-order valence-electron chi connectivity index (χ3n) is 6.49. The van der Waals surface area contributed by atoms with Gasteiger partial charge in [-0.25, -0.2) is 0 Å². The molecule has 0 radical (unpaired) electrons. The summed E-state index contributed by atoms with van der Waals surface area (Å²) >= 11 is 0. The molecule has 0 aromatic rings. The molecule has 1 heteroatoms. The van der Waals surface area contributed by atoms with Crippen LogP contribution < -0.4 is 0 Å². The predicted molar refractivity (Wildman–Crippen MR) is 56.9 cm³/mol.